The van der Waals surface area contributed by atoms with Crippen molar-refractivity contribution in [3.8, 4) is 10.6 Å². The summed E-state index contributed by atoms with van der Waals surface area (Å²) in [4.78, 5) is 35.2. The maximum absolute atomic E-state index is 12.6. The van der Waals surface area contributed by atoms with Gasteiger partial charge in [0.2, 0.25) is 5.91 Å². The molecule has 0 saturated carbocycles. The lowest BCUT2D eigenvalue weighted by Gasteiger charge is -2.31. The number of amides is 2. The van der Waals surface area contributed by atoms with Crippen molar-refractivity contribution in [2.24, 2.45) is 11.7 Å². The Balaban J connectivity index is 1.75. The maximum Gasteiger partial charge on any atom is 0.255 e. The van der Waals surface area contributed by atoms with E-state index in [1.54, 1.807) is 22.7 Å². The first-order chi connectivity index (χ1) is 11.1. The molecule has 23 heavy (non-hydrogen) atoms. The van der Waals surface area contributed by atoms with Gasteiger partial charge in [0.15, 0.2) is 0 Å². The van der Waals surface area contributed by atoms with Crippen molar-refractivity contribution in [3.63, 3.8) is 0 Å². The predicted molar refractivity (Wildman–Crippen MR) is 87.9 cm³/mol. The van der Waals surface area contributed by atoms with Gasteiger partial charge in [-0.25, -0.2) is 4.98 Å². The normalized spacial score (nSPS) is 18.0. The second-order valence-electron chi connectivity index (χ2n) is 5.69. The molecule has 2 N–H and O–H groups in total. The molecule has 1 saturated heterocycles. The predicted octanol–water partition coefficient (Wildman–Crippen LogP) is 1.85. The molecule has 0 aliphatic carbocycles. The summed E-state index contributed by atoms with van der Waals surface area (Å²) in [7, 11) is 0. The fraction of sp³-hybridized carbons (Fsp3) is 0.375. The number of carbonyl (C=O) groups excluding carboxylic acids is 2. The molecular formula is C16H18N4O2S. The van der Waals surface area contributed by atoms with Crippen molar-refractivity contribution in [1.29, 1.82) is 0 Å². The number of aromatic nitrogens is 2. The van der Waals surface area contributed by atoms with Crippen LogP contribution in [0, 0.1) is 12.8 Å². The molecule has 0 radical (unpaired) electrons. The quantitative estimate of drug-likeness (QED) is 0.930. The number of pyridine rings is 1. The van der Waals surface area contributed by atoms with Crippen LogP contribution in [-0.2, 0) is 4.79 Å². The summed E-state index contributed by atoms with van der Waals surface area (Å²) in [6.45, 7) is 2.98. The minimum Gasteiger partial charge on any atom is -0.369 e. The largest absolute Gasteiger partial charge is 0.369 e. The molecule has 2 aromatic rings. The van der Waals surface area contributed by atoms with Gasteiger partial charge in [-0.3, -0.25) is 14.6 Å². The second-order valence-corrected chi connectivity index (χ2v) is 6.55. The average molecular weight is 330 g/mol. The van der Waals surface area contributed by atoms with Gasteiger partial charge >= 0.3 is 0 Å². The number of hydrogen-bond donors (Lipinski definition) is 1. The van der Waals surface area contributed by atoms with Crippen LogP contribution < -0.4 is 5.73 Å². The first kappa shape index (κ1) is 15.6. The molecule has 2 aromatic heterocycles. The van der Waals surface area contributed by atoms with Crippen LogP contribution in [0.3, 0.4) is 0 Å². The lowest BCUT2D eigenvalue weighted by molar-refractivity contribution is -0.123. The Morgan fingerprint density at radius 1 is 1.35 bits per heavy atom. The number of carbonyl (C=O) groups is 2. The molecule has 1 aliphatic rings. The number of rotatable bonds is 3. The van der Waals surface area contributed by atoms with E-state index < -0.39 is 0 Å². The molecule has 0 aromatic carbocycles. The van der Waals surface area contributed by atoms with Gasteiger partial charge in [0, 0.05) is 19.3 Å². The minimum absolute atomic E-state index is 0.101. The van der Waals surface area contributed by atoms with Crippen molar-refractivity contribution >= 4 is 23.2 Å². The van der Waals surface area contributed by atoms with Gasteiger partial charge in [0.05, 0.1) is 33.3 Å². The van der Waals surface area contributed by atoms with Crippen LogP contribution in [0.25, 0.3) is 10.6 Å². The minimum atomic E-state index is -0.336. The molecule has 0 spiro atoms. The Labute approximate surface area is 138 Å². The standard InChI is InChI=1S/C16H18N4O2S/c1-10-14(23-9-19-10)13-5-4-11(7-18-13)16(22)20-6-2-3-12(8-20)15(17)21/h4-5,7,9,12H,2-3,6,8H2,1H3,(H2,17,21). The number of hydrogen-bond acceptors (Lipinski definition) is 5. The fourth-order valence-electron chi connectivity index (χ4n) is 2.78. The summed E-state index contributed by atoms with van der Waals surface area (Å²) >= 11 is 1.53. The zero-order valence-electron chi connectivity index (χ0n) is 12.9. The van der Waals surface area contributed by atoms with Crippen LogP contribution in [0.15, 0.2) is 23.8 Å². The van der Waals surface area contributed by atoms with Gasteiger partial charge in [-0.1, -0.05) is 0 Å². The number of nitrogens with two attached hydrogens (primary N) is 1. The lowest BCUT2D eigenvalue weighted by atomic mass is 9.97. The maximum atomic E-state index is 12.6. The van der Waals surface area contributed by atoms with Crippen LogP contribution >= 0.6 is 11.3 Å². The molecule has 1 aliphatic heterocycles. The number of thiazole rings is 1. The summed E-state index contributed by atoms with van der Waals surface area (Å²) in [5, 5.41) is 0. The third-order valence-corrected chi connectivity index (χ3v) is 5.05. The molecule has 3 heterocycles. The zero-order chi connectivity index (χ0) is 16.4. The van der Waals surface area contributed by atoms with E-state index in [1.165, 1.54) is 11.3 Å². The Bertz CT molecular complexity index is 726. The first-order valence-corrected chi connectivity index (χ1v) is 8.39. The molecule has 1 unspecified atom stereocenters. The van der Waals surface area contributed by atoms with E-state index >= 15 is 0 Å². The van der Waals surface area contributed by atoms with Gasteiger partial charge < -0.3 is 10.6 Å². The summed E-state index contributed by atoms with van der Waals surface area (Å²) in [5.74, 6) is -0.688. The Morgan fingerprint density at radius 3 is 2.78 bits per heavy atom. The molecule has 1 atom stereocenters. The van der Waals surface area contributed by atoms with Gasteiger partial charge in [-0.05, 0) is 31.9 Å². The first-order valence-electron chi connectivity index (χ1n) is 7.51. The van der Waals surface area contributed by atoms with Crippen molar-refractivity contribution in [2.45, 2.75) is 19.8 Å². The number of likely N-dealkylation sites (tertiary alicyclic amines) is 1. The van der Waals surface area contributed by atoms with Crippen molar-refractivity contribution in [1.82, 2.24) is 14.9 Å². The fourth-order valence-corrected chi connectivity index (χ4v) is 3.56. The smallest absolute Gasteiger partial charge is 0.255 e. The highest BCUT2D eigenvalue weighted by Crippen LogP contribution is 2.25. The Kier molecular flexibility index (Phi) is 4.38. The van der Waals surface area contributed by atoms with Gasteiger partial charge in [0.1, 0.15) is 0 Å². The molecular weight excluding hydrogens is 312 g/mol. The molecule has 3 rings (SSSR count). The number of primary amides is 1. The summed E-state index contributed by atoms with van der Waals surface area (Å²) in [6.07, 6.45) is 3.14. The van der Waals surface area contributed by atoms with Gasteiger partial charge in [-0.2, -0.15) is 0 Å². The van der Waals surface area contributed by atoms with E-state index in [0.29, 0.717) is 18.7 Å². The molecule has 7 heteroatoms. The number of nitrogens with zero attached hydrogens (tertiary/aromatic N) is 3. The van der Waals surface area contributed by atoms with Crippen molar-refractivity contribution in [3.05, 3.63) is 35.1 Å². The van der Waals surface area contributed by atoms with E-state index in [4.69, 9.17) is 5.73 Å². The van der Waals surface area contributed by atoms with E-state index in [-0.39, 0.29) is 17.7 Å². The van der Waals surface area contributed by atoms with Crippen LogP contribution in [-0.4, -0.2) is 39.8 Å². The van der Waals surface area contributed by atoms with Gasteiger partial charge in [0.25, 0.3) is 5.91 Å². The van der Waals surface area contributed by atoms with E-state index in [0.717, 1.165) is 29.1 Å². The molecule has 1 fully saturated rings. The third kappa shape index (κ3) is 3.24. The van der Waals surface area contributed by atoms with Crippen LogP contribution in [0.4, 0.5) is 0 Å². The van der Waals surface area contributed by atoms with E-state index in [1.807, 2.05) is 13.0 Å². The van der Waals surface area contributed by atoms with Gasteiger partial charge in [-0.15, -0.1) is 11.3 Å². The summed E-state index contributed by atoms with van der Waals surface area (Å²) in [5.41, 5.74) is 9.42. The monoisotopic (exact) mass is 330 g/mol. The number of aryl methyl sites for hydroxylation is 1. The summed E-state index contributed by atoms with van der Waals surface area (Å²) < 4.78 is 0. The third-order valence-electron chi connectivity index (χ3n) is 4.10. The highest BCUT2D eigenvalue weighted by Gasteiger charge is 2.27. The lowest BCUT2D eigenvalue weighted by Crippen LogP contribution is -2.44. The van der Waals surface area contributed by atoms with Crippen LogP contribution in [0.1, 0.15) is 28.9 Å². The Hall–Kier alpha value is -2.28. The van der Waals surface area contributed by atoms with Crippen molar-refractivity contribution in [2.75, 3.05) is 13.1 Å². The highest BCUT2D eigenvalue weighted by molar-refractivity contribution is 7.13. The highest BCUT2D eigenvalue weighted by atomic mass is 32.1. The second kappa shape index (κ2) is 6.45. The SMILES string of the molecule is Cc1ncsc1-c1ccc(C(=O)N2CCCC(C(N)=O)C2)cn1. The van der Waals surface area contributed by atoms with E-state index in [2.05, 4.69) is 9.97 Å². The molecule has 0 bridgehead atoms. The van der Waals surface area contributed by atoms with Crippen LogP contribution in [0.2, 0.25) is 0 Å². The topological polar surface area (TPSA) is 89.2 Å². The van der Waals surface area contributed by atoms with E-state index in [9.17, 15) is 9.59 Å². The average Bonchev–Trinajstić information content (AvgIpc) is 3.00. The molecule has 120 valence electrons. The number of piperidine rings is 1. The van der Waals surface area contributed by atoms with Crippen molar-refractivity contribution < 1.29 is 9.59 Å². The van der Waals surface area contributed by atoms with Crippen LogP contribution in [0.5, 0.6) is 0 Å². The zero-order valence-corrected chi connectivity index (χ0v) is 13.7. The Morgan fingerprint density at radius 2 is 2.17 bits per heavy atom. The molecule has 2 amide bonds. The summed E-state index contributed by atoms with van der Waals surface area (Å²) in [6, 6.07) is 3.61. The molecule has 6 nitrogen and oxygen atoms in total.